The first-order valence-electron chi connectivity index (χ1n) is 6.17. The minimum atomic E-state index is -3.00. The van der Waals surface area contributed by atoms with Crippen LogP contribution in [0.15, 0.2) is 21.3 Å². The van der Waals surface area contributed by atoms with Crippen molar-refractivity contribution in [3.63, 3.8) is 0 Å². The van der Waals surface area contributed by atoms with Crippen molar-refractivity contribution in [3.05, 3.63) is 22.7 Å². The summed E-state index contributed by atoms with van der Waals surface area (Å²) in [6.45, 7) is 1.85. The van der Waals surface area contributed by atoms with E-state index in [2.05, 4.69) is 10.3 Å². The van der Waals surface area contributed by atoms with Crippen molar-refractivity contribution >= 4 is 32.3 Å². The summed E-state index contributed by atoms with van der Waals surface area (Å²) in [5.41, 5.74) is 7.26. The first-order valence-corrected chi connectivity index (χ1v) is 7.99. The third-order valence-corrected chi connectivity index (χ3v) is 5.43. The molecule has 1 unspecified atom stereocenters. The van der Waals surface area contributed by atoms with Crippen LogP contribution in [0.5, 0.6) is 0 Å². The molecule has 0 aliphatic carbocycles. The van der Waals surface area contributed by atoms with Gasteiger partial charge < -0.3 is 15.5 Å². The summed E-state index contributed by atoms with van der Waals surface area (Å²) >= 11 is 0. The topological polar surface area (TPSA) is 118 Å². The fraction of sp³-hybridized carbons (Fsp3) is 0.417. The predicted octanol–water partition coefficient (Wildman–Crippen LogP) is 0.692. The van der Waals surface area contributed by atoms with Crippen molar-refractivity contribution in [1.82, 2.24) is 4.98 Å². The van der Waals surface area contributed by atoms with Crippen LogP contribution < -0.4 is 16.8 Å². The average Bonchev–Trinajstić information content (AvgIpc) is 2.78. The Bertz CT molecular complexity index is 836. The summed E-state index contributed by atoms with van der Waals surface area (Å²) in [5, 5.41) is 3.17. The maximum absolute atomic E-state index is 11.6. The van der Waals surface area contributed by atoms with Gasteiger partial charge in [0.25, 0.3) is 0 Å². The van der Waals surface area contributed by atoms with E-state index < -0.39 is 21.1 Å². The molecule has 1 aromatic carbocycles. The molecule has 7 nitrogen and oxygen atoms in total. The number of hydrogen-bond donors (Lipinski definition) is 3. The molecule has 1 atom stereocenters. The Morgan fingerprint density at radius 3 is 2.85 bits per heavy atom. The van der Waals surface area contributed by atoms with E-state index in [0.29, 0.717) is 28.9 Å². The summed E-state index contributed by atoms with van der Waals surface area (Å²) in [7, 11) is -3.00. The van der Waals surface area contributed by atoms with E-state index in [0.717, 1.165) is 0 Å². The van der Waals surface area contributed by atoms with Gasteiger partial charge in [-0.05, 0) is 19.4 Å². The number of rotatable bonds is 2. The SMILES string of the molecule is CC1(Nc2cc3[nH]c(=O)oc3cc2N)CCS(=O)(=O)C1. The maximum Gasteiger partial charge on any atom is 0.417 e. The molecule has 1 aliphatic heterocycles. The molecule has 8 heteroatoms. The molecule has 2 aromatic rings. The number of sulfone groups is 1. The zero-order valence-corrected chi connectivity index (χ0v) is 11.7. The van der Waals surface area contributed by atoms with E-state index in [9.17, 15) is 13.2 Å². The molecular formula is C12H15N3O4S. The normalized spacial score (nSPS) is 25.1. The number of anilines is 2. The number of aromatic nitrogens is 1. The predicted molar refractivity (Wildman–Crippen MR) is 76.5 cm³/mol. The van der Waals surface area contributed by atoms with E-state index in [1.165, 1.54) is 0 Å². The number of nitrogen functional groups attached to an aromatic ring is 1. The van der Waals surface area contributed by atoms with E-state index >= 15 is 0 Å². The average molecular weight is 297 g/mol. The highest BCUT2D eigenvalue weighted by atomic mass is 32.2. The van der Waals surface area contributed by atoms with Gasteiger partial charge in [-0.2, -0.15) is 0 Å². The summed E-state index contributed by atoms with van der Waals surface area (Å²) in [4.78, 5) is 13.7. The van der Waals surface area contributed by atoms with Gasteiger partial charge in [-0.1, -0.05) is 0 Å². The van der Waals surface area contributed by atoms with Crippen LogP contribution in [-0.2, 0) is 9.84 Å². The molecule has 3 rings (SSSR count). The Labute approximate surface area is 115 Å². The zero-order chi connectivity index (χ0) is 14.5. The van der Waals surface area contributed by atoms with Crippen molar-refractivity contribution in [2.24, 2.45) is 0 Å². The van der Waals surface area contributed by atoms with Gasteiger partial charge in [-0.25, -0.2) is 13.2 Å². The number of nitrogens with one attached hydrogen (secondary N) is 2. The number of H-pyrrole nitrogens is 1. The van der Waals surface area contributed by atoms with Crippen LogP contribution in [-0.4, -0.2) is 30.4 Å². The Hall–Kier alpha value is -1.96. The first-order chi connectivity index (χ1) is 9.26. The van der Waals surface area contributed by atoms with Crippen molar-refractivity contribution in [2.75, 3.05) is 22.6 Å². The first kappa shape index (κ1) is 13.0. The quantitative estimate of drug-likeness (QED) is 0.702. The van der Waals surface area contributed by atoms with Gasteiger partial charge in [0, 0.05) is 11.6 Å². The monoisotopic (exact) mass is 297 g/mol. The minimum absolute atomic E-state index is 0.0688. The standard InChI is InChI=1S/C12H15N3O4S/c1-12(2-3-20(17,18)6-12)15-8-5-9-10(4-7(8)13)19-11(16)14-9/h4-5,15H,2-3,6,13H2,1H3,(H,14,16). The third-order valence-electron chi connectivity index (χ3n) is 3.53. The number of fused-ring (bicyclic) bond motifs is 1. The lowest BCUT2D eigenvalue weighted by atomic mass is 10.0. The summed E-state index contributed by atoms with van der Waals surface area (Å²) < 4.78 is 28.1. The Balaban J connectivity index is 1.98. The van der Waals surface area contributed by atoms with Crippen molar-refractivity contribution in [2.45, 2.75) is 18.9 Å². The van der Waals surface area contributed by atoms with Gasteiger partial charge in [0.2, 0.25) is 0 Å². The number of nitrogens with two attached hydrogens (primary N) is 1. The fourth-order valence-corrected chi connectivity index (χ4v) is 4.65. The lowest BCUT2D eigenvalue weighted by molar-refractivity contribution is 0.555. The van der Waals surface area contributed by atoms with E-state index in [1.54, 1.807) is 12.1 Å². The molecular weight excluding hydrogens is 282 g/mol. The Kier molecular flexibility index (Phi) is 2.62. The smallest absolute Gasteiger partial charge is 0.408 e. The molecule has 4 N–H and O–H groups in total. The number of benzene rings is 1. The van der Waals surface area contributed by atoms with Crippen LogP contribution in [0.2, 0.25) is 0 Å². The molecule has 0 bridgehead atoms. The van der Waals surface area contributed by atoms with Gasteiger partial charge in [0.15, 0.2) is 15.4 Å². The van der Waals surface area contributed by atoms with Crippen LogP contribution >= 0.6 is 0 Å². The number of hydrogen-bond acceptors (Lipinski definition) is 6. The minimum Gasteiger partial charge on any atom is -0.408 e. The lowest BCUT2D eigenvalue weighted by Gasteiger charge is -2.26. The van der Waals surface area contributed by atoms with Crippen molar-refractivity contribution in [1.29, 1.82) is 0 Å². The molecule has 0 saturated carbocycles. The molecule has 108 valence electrons. The highest BCUT2D eigenvalue weighted by Gasteiger charge is 2.38. The van der Waals surface area contributed by atoms with Gasteiger partial charge >= 0.3 is 5.76 Å². The third kappa shape index (κ3) is 2.26. The van der Waals surface area contributed by atoms with E-state index in [1.807, 2.05) is 6.92 Å². The molecule has 0 radical (unpaired) electrons. The highest BCUT2D eigenvalue weighted by molar-refractivity contribution is 7.91. The van der Waals surface area contributed by atoms with Gasteiger partial charge in [-0.3, -0.25) is 4.98 Å². The van der Waals surface area contributed by atoms with Gasteiger partial charge in [0.05, 0.1) is 28.4 Å². The summed E-state index contributed by atoms with van der Waals surface area (Å²) in [5.74, 6) is -0.313. The van der Waals surface area contributed by atoms with Crippen LogP contribution in [0.4, 0.5) is 11.4 Å². The second kappa shape index (κ2) is 4.02. The zero-order valence-electron chi connectivity index (χ0n) is 10.9. The van der Waals surface area contributed by atoms with Crippen LogP contribution in [0.25, 0.3) is 11.1 Å². The molecule has 0 spiro atoms. The Morgan fingerprint density at radius 1 is 1.45 bits per heavy atom. The lowest BCUT2D eigenvalue weighted by Crippen LogP contribution is -2.36. The van der Waals surface area contributed by atoms with E-state index in [4.69, 9.17) is 10.2 Å². The van der Waals surface area contributed by atoms with Crippen LogP contribution in [0.3, 0.4) is 0 Å². The second-order valence-electron chi connectivity index (χ2n) is 5.48. The molecule has 0 amide bonds. The van der Waals surface area contributed by atoms with Gasteiger partial charge in [-0.15, -0.1) is 0 Å². The fourth-order valence-electron chi connectivity index (χ4n) is 2.56. The number of aromatic amines is 1. The molecule has 1 aromatic heterocycles. The molecule has 1 saturated heterocycles. The summed E-state index contributed by atoms with van der Waals surface area (Å²) in [6.07, 6.45) is 0.523. The number of oxazole rings is 1. The van der Waals surface area contributed by atoms with Crippen LogP contribution in [0, 0.1) is 0 Å². The van der Waals surface area contributed by atoms with Crippen molar-refractivity contribution < 1.29 is 12.8 Å². The van der Waals surface area contributed by atoms with Gasteiger partial charge in [0.1, 0.15) is 0 Å². The molecule has 1 fully saturated rings. The molecule has 2 heterocycles. The largest absolute Gasteiger partial charge is 0.417 e. The van der Waals surface area contributed by atoms with Crippen LogP contribution in [0.1, 0.15) is 13.3 Å². The second-order valence-corrected chi connectivity index (χ2v) is 7.66. The Morgan fingerprint density at radius 2 is 2.20 bits per heavy atom. The summed E-state index contributed by atoms with van der Waals surface area (Å²) in [6, 6.07) is 3.20. The molecule has 1 aliphatic rings. The van der Waals surface area contributed by atoms with E-state index in [-0.39, 0.29) is 11.5 Å². The highest BCUT2D eigenvalue weighted by Crippen LogP contribution is 2.32. The maximum atomic E-state index is 11.6. The van der Waals surface area contributed by atoms with Crippen molar-refractivity contribution in [3.8, 4) is 0 Å². The molecule has 20 heavy (non-hydrogen) atoms.